The van der Waals surface area contributed by atoms with E-state index in [1.54, 1.807) is 14.2 Å². The number of hydrogen-bond acceptors (Lipinski definition) is 8. The molecule has 248 valence electrons. The molecular formula is C38H47N3O5Si. The van der Waals surface area contributed by atoms with Crippen molar-refractivity contribution in [2.45, 2.75) is 84.2 Å². The molecule has 1 aromatic heterocycles. The van der Waals surface area contributed by atoms with Crippen molar-refractivity contribution in [2.75, 3.05) is 14.2 Å². The van der Waals surface area contributed by atoms with E-state index in [2.05, 4.69) is 66.7 Å². The van der Waals surface area contributed by atoms with Crippen LogP contribution in [0, 0.1) is 11.3 Å². The van der Waals surface area contributed by atoms with Crippen LogP contribution in [0.15, 0.2) is 72.8 Å². The van der Waals surface area contributed by atoms with Gasteiger partial charge in [0.2, 0.25) is 5.88 Å². The summed E-state index contributed by atoms with van der Waals surface area (Å²) >= 11 is 0. The predicted octanol–water partition coefficient (Wildman–Crippen LogP) is 7.98. The lowest BCUT2D eigenvalue weighted by Gasteiger charge is -2.31. The van der Waals surface area contributed by atoms with E-state index in [4.69, 9.17) is 33.3 Å². The molecule has 4 aromatic rings. The zero-order chi connectivity index (χ0) is 34.2. The molecule has 1 atom stereocenters. The third kappa shape index (κ3) is 9.56. The van der Waals surface area contributed by atoms with Crippen molar-refractivity contribution in [1.82, 2.24) is 9.97 Å². The van der Waals surface area contributed by atoms with Crippen LogP contribution in [0.5, 0.6) is 23.4 Å². The lowest BCUT2D eigenvalue weighted by molar-refractivity contribution is 0.109. The third-order valence-corrected chi connectivity index (χ3v) is 9.47. The Morgan fingerprint density at radius 2 is 1.36 bits per heavy atom. The minimum absolute atomic E-state index is 0.0388. The summed E-state index contributed by atoms with van der Waals surface area (Å²) in [4.78, 5) is 9.62. The van der Waals surface area contributed by atoms with Crippen molar-refractivity contribution in [2.24, 2.45) is 0 Å². The van der Waals surface area contributed by atoms with Crippen LogP contribution in [0.1, 0.15) is 93.8 Å². The Hall–Kier alpha value is -4.39. The highest BCUT2D eigenvalue weighted by Crippen LogP contribution is 2.38. The fourth-order valence-electron chi connectivity index (χ4n) is 4.99. The van der Waals surface area contributed by atoms with E-state index in [1.165, 1.54) is 0 Å². The second-order valence-corrected chi connectivity index (χ2v) is 16.3. The lowest BCUT2D eigenvalue weighted by Crippen LogP contribution is -2.27. The molecule has 0 aliphatic carbocycles. The van der Waals surface area contributed by atoms with Gasteiger partial charge >= 0.3 is 6.01 Å². The lowest BCUT2D eigenvalue weighted by atomic mass is 9.87. The summed E-state index contributed by atoms with van der Waals surface area (Å²) in [5.74, 6) is 1.18. The number of nitrogens with zero attached hydrogens (tertiary/aromatic N) is 3. The maximum atomic E-state index is 10.7. The van der Waals surface area contributed by atoms with E-state index in [-0.39, 0.29) is 30.2 Å². The summed E-state index contributed by atoms with van der Waals surface area (Å²) in [6.07, 6.45) is 0. The summed E-state index contributed by atoms with van der Waals surface area (Å²) in [6.45, 7) is 15.4. The first-order valence-corrected chi connectivity index (χ1v) is 17.2. The van der Waals surface area contributed by atoms with E-state index in [9.17, 15) is 5.26 Å². The van der Waals surface area contributed by atoms with E-state index < -0.39 is 21.3 Å². The number of ether oxygens (including phenoxy) is 4. The van der Waals surface area contributed by atoms with Crippen molar-refractivity contribution < 1.29 is 23.4 Å². The van der Waals surface area contributed by atoms with Crippen LogP contribution in [0.3, 0.4) is 0 Å². The first-order chi connectivity index (χ1) is 22.3. The van der Waals surface area contributed by atoms with E-state index in [0.717, 1.165) is 39.3 Å². The fraction of sp³-hybridized carbons (Fsp3) is 0.395. The molecule has 8 nitrogen and oxygen atoms in total. The van der Waals surface area contributed by atoms with Crippen molar-refractivity contribution in [3.05, 3.63) is 106 Å². The second-order valence-electron chi connectivity index (χ2n) is 13.6. The van der Waals surface area contributed by atoms with E-state index >= 15 is 0 Å². The molecule has 0 amide bonds. The van der Waals surface area contributed by atoms with Crippen LogP contribution < -0.4 is 18.9 Å². The molecule has 3 aromatic carbocycles. The van der Waals surface area contributed by atoms with Gasteiger partial charge in [-0.15, -0.1) is 0 Å². The molecule has 0 aliphatic heterocycles. The largest absolute Gasteiger partial charge is 0.497 e. The van der Waals surface area contributed by atoms with Crippen LogP contribution in [0.25, 0.3) is 0 Å². The average Bonchev–Trinajstić information content (AvgIpc) is 3.06. The van der Waals surface area contributed by atoms with Crippen molar-refractivity contribution >= 4 is 9.76 Å². The highest BCUT2D eigenvalue weighted by molar-refractivity contribution is 6.31. The zero-order valence-corrected chi connectivity index (χ0v) is 30.5. The molecule has 4 rings (SSSR count). The van der Waals surface area contributed by atoms with Gasteiger partial charge in [0.25, 0.3) is 0 Å². The monoisotopic (exact) mass is 653 g/mol. The minimum Gasteiger partial charge on any atom is -0.497 e. The SMILES string of the molecule is COc1ccc(COc2nc(OCc3ccc(OC)cc3)c(C(C)C)c(C(C#N)c3cccc(C(C)(C)O[SiH2]C(C)(C)C)c3)n2)cc1. The van der Waals surface area contributed by atoms with Gasteiger partial charge in [0.15, 0.2) is 9.76 Å². The minimum atomic E-state index is -0.811. The Labute approximate surface area is 282 Å². The molecule has 47 heavy (non-hydrogen) atoms. The molecule has 0 fully saturated rings. The number of hydrogen-bond donors (Lipinski definition) is 0. The topological polar surface area (TPSA) is 95.7 Å². The molecule has 0 bridgehead atoms. The molecule has 0 N–H and O–H groups in total. The first-order valence-electron chi connectivity index (χ1n) is 15.9. The maximum absolute atomic E-state index is 10.7. The molecule has 9 heteroatoms. The molecule has 0 saturated heterocycles. The van der Waals surface area contributed by atoms with Crippen molar-refractivity contribution in [1.29, 1.82) is 5.26 Å². The van der Waals surface area contributed by atoms with Crippen LogP contribution in [-0.4, -0.2) is 34.0 Å². The standard InChI is InChI=1S/C38H47N3O5Si/c1-25(2)33-34(32(22-39)28-11-10-12-29(21-28)38(6,7)46-47-37(3,4)5)40-36(45-24-27-15-19-31(43-9)20-16-27)41-35(33)44-23-26-13-17-30(42-8)18-14-26/h10-21,25,32H,23-24,47H2,1-9H3. The molecule has 1 unspecified atom stereocenters. The Balaban J connectivity index is 1.75. The molecule has 0 spiro atoms. The van der Waals surface area contributed by atoms with Crippen LogP contribution in [-0.2, 0) is 23.2 Å². The molecular weight excluding hydrogens is 607 g/mol. The van der Waals surface area contributed by atoms with Gasteiger partial charge in [-0.25, -0.2) is 0 Å². The number of aromatic nitrogens is 2. The van der Waals surface area contributed by atoms with Gasteiger partial charge in [0.05, 0.1) is 31.6 Å². The van der Waals surface area contributed by atoms with Crippen LogP contribution >= 0.6 is 0 Å². The molecule has 0 saturated carbocycles. The quantitative estimate of drug-likeness (QED) is 0.126. The van der Waals surface area contributed by atoms with Crippen molar-refractivity contribution in [3.63, 3.8) is 0 Å². The maximum Gasteiger partial charge on any atom is 0.320 e. The zero-order valence-electron chi connectivity index (χ0n) is 29.1. The number of benzene rings is 3. The summed E-state index contributed by atoms with van der Waals surface area (Å²) in [5.41, 5.74) is 4.54. The Kier molecular flexibility index (Phi) is 11.7. The van der Waals surface area contributed by atoms with Crippen LogP contribution in [0.2, 0.25) is 5.04 Å². The third-order valence-electron chi connectivity index (χ3n) is 7.74. The predicted molar refractivity (Wildman–Crippen MR) is 187 cm³/mol. The van der Waals surface area contributed by atoms with Crippen molar-refractivity contribution in [3.8, 4) is 29.5 Å². The normalized spacial score (nSPS) is 12.6. The van der Waals surface area contributed by atoms with Gasteiger partial charge in [-0.05, 0) is 71.3 Å². The van der Waals surface area contributed by atoms with Gasteiger partial charge < -0.3 is 23.4 Å². The highest BCUT2D eigenvalue weighted by atomic mass is 28.2. The second kappa shape index (κ2) is 15.5. The summed E-state index contributed by atoms with van der Waals surface area (Å²) < 4.78 is 29.6. The van der Waals surface area contributed by atoms with Gasteiger partial charge in [0.1, 0.15) is 30.6 Å². The number of nitriles is 1. The fourth-order valence-corrected chi connectivity index (χ4v) is 5.95. The number of methoxy groups -OCH3 is 2. The van der Waals surface area contributed by atoms with E-state index in [0.29, 0.717) is 11.6 Å². The van der Waals surface area contributed by atoms with Crippen LogP contribution in [0.4, 0.5) is 0 Å². The molecule has 0 aliphatic rings. The molecule has 0 radical (unpaired) electrons. The number of rotatable bonds is 14. The van der Waals surface area contributed by atoms with Gasteiger partial charge in [-0.2, -0.15) is 15.2 Å². The summed E-state index contributed by atoms with van der Waals surface area (Å²) in [6, 6.07) is 26.1. The first kappa shape index (κ1) is 35.5. The van der Waals surface area contributed by atoms with Gasteiger partial charge in [-0.3, -0.25) is 0 Å². The van der Waals surface area contributed by atoms with Gasteiger partial charge in [-0.1, -0.05) is 83.1 Å². The summed E-state index contributed by atoms with van der Waals surface area (Å²) in [5, 5.41) is 10.9. The Morgan fingerprint density at radius 1 is 0.787 bits per heavy atom. The Bertz CT molecular complexity index is 1660. The highest BCUT2D eigenvalue weighted by Gasteiger charge is 2.29. The average molecular weight is 654 g/mol. The smallest absolute Gasteiger partial charge is 0.320 e. The summed E-state index contributed by atoms with van der Waals surface area (Å²) in [7, 11) is 2.46. The van der Waals surface area contributed by atoms with Gasteiger partial charge in [0, 0.05) is 5.56 Å². The molecule has 1 heterocycles. The Morgan fingerprint density at radius 3 is 1.87 bits per heavy atom. The van der Waals surface area contributed by atoms with E-state index in [1.807, 2.05) is 60.7 Å².